The standard InChI is InChI=1S/C11H21N3O2/c1-4-5-12-11(16)13-9-6-10(15)14(7-9)8(2)3/h8-9H,4-7H2,1-3H3,(H2,12,13,16). The first-order valence-corrected chi connectivity index (χ1v) is 5.88. The van der Waals surface area contributed by atoms with Crippen molar-refractivity contribution in [3.05, 3.63) is 0 Å². The van der Waals surface area contributed by atoms with Gasteiger partial charge in [-0.15, -0.1) is 0 Å². The van der Waals surface area contributed by atoms with Crippen molar-refractivity contribution in [2.24, 2.45) is 0 Å². The molecule has 0 spiro atoms. The Hall–Kier alpha value is -1.26. The topological polar surface area (TPSA) is 61.4 Å². The third kappa shape index (κ3) is 3.40. The van der Waals surface area contributed by atoms with Gasteiger partial charge in [-0.05, 0) is 20.3 Å². The molecule has 0 aromatic heterocycles. The van der Waals surface area contributed by atoms with Gasteiger partial charge in [-0.2, -0.15) is 0 Å². The Morgan fingerprint density at radius 2 is 2.25 bits per heavy atom. The highest BCUT2D eigenvalue weighted by molar-refractivity contribution is 5.81. The summed E-state index contributed by atoms with van der Waals surface area (Å²) in [6.07, 6.45) is 1.33. The Balaban J connectivity index is 2.35. The molecule has 1 aliphatic rings. The summed E-state index contributed by atoms with van der Waals surface area (Å²) in [5, 5.41) is 5.55. The summed E-state index contributed by atoms with van der Waals surface area (Å²) in [6.45, 7) is 7.26. The normalized spacial score (nSPS) is 20.4. The maximum Gasteiger partial charge on any atom is 0.315 e. The zero-order chi connectivity index (χ0) is 12.1. The molecule has 0 radical (unpaired) electrons. The molecule has 1 fully saturated rings. The van der Waals surface area contributed by atoms with E-state index in [2.05, 4.69) is 10.6 Å². The Bertz CT molecular complexity index is 266. The van der Waals surface area contributed by atoms with Gasteiger partial charge in [0, 0.05) is 25.6 Å². The Labute approximate surface area is 96.6 Å². The van der Waals surface area contributed by atoms with Crippen LogP contribution in [0.4, 0.5) is 4.79 Å². The number of nitrogens with zero attached hydrogens (tertiary/aromatic N) is 1. The minimum Gasteiger partial charge on any atom is -0.338 e. The van der Waals surface area contributed by atoms with Crippen LogP contribution in [0.3, 0.4) is 0 Å². The van der Waals surface area contributed by atoms with E-state index in [0.717, 1.165) is 6.42 Å². The molecule has 1 aliphatic heterocycles. The number of nitrogens with one attached hydrogen (secondary N) is 2. The van der Waals surface area contributed by atoms with E-state index in [1.165, 1.54) is 0 Å². The van der Waals surface area contributed by atoms with Crippen molar-refractivity contribution in [2.45, 2.75) is 45.7 Å². The summed E-state index contributed by atoms with van der Waals surface area (Å²) < 4.78 is 0. The molecule has 92 valence electrons. The number of urea groups is 1. The highest BCUT2D eigenvalue weighted by Crippen LogP contribution is 2.13. The van der Waals surface area contributed by atoms with Crippen LogP contribution in [-0.2, 0) is 4.79 Å². The van der Waals surface area contributed by atoms with Crippen LogP contribution >= 0.6 is 0 Å². The minimum atomic E-state index is -0.176. The van der Waals surface area contributed by atoms with Crippen LogP contribution in [0.2, 0.25) is 0 Å². The summed E-state index contributed by atoms with van der Waals surface area (Å²) in [6, 6.07) is -0.0185. The molecule has 5 heteroatoms. The lowest BCUT2D eigenvalue weighted by Gasteiger charge is -2.21. The average Bonchev–Trinajstić information content (AvgIpc) is 2.56. The Kier molecular flexibility index (Phi) is 4.58. The lowest BCUT2D eigenvalue weighted by Crippen LogP contribution is -2.44. The van der Waals surface area contributed by atoms with Gasteiger partial charge in [0.15, 0.2) is 0 Å². The maximum atomic E-state index is 11.6. The van der Waals surface area contributed by atoms with Gasteiger partial charge in [0.25, 0.3) is 0 Å². The van der Waals surface area contributed by atoms with E-state index < -0.39 is 0 Å². The van der Waals surface area contributed by atoms with Crippen molar-refractivity contribution in [3.63, 3.8) is 0 Å². The van der Waals surface area contributed by atoms with Gasteiger partial charge in [0.05, 0.1) is 6.04 Å². The van der Waals surface area contributed by atoms with Crippen LogP contribution in [-0.4, -0.2) is 42.0 Å². The molecule has 1 unspecified atom stereocenters. The molecule has 0 bridgehead atoms. The first-order valence-electron chi connectivity index (χ1n) is 5.88. The third-order valence-electron chi connectivity index (χ3n) is 2.65. The van der Waals surface area contributed by atoms with Crippen LogP contribution < -0.4 is 10.6 Å². The van der Waals surface area contributed by atoms with Crippen molar-refractivity contribution in [1.29, 1.82) is 0 Å². The molecule has 0 aromatic rings. The van der Waals surface area contributed by atoms with Crippen molar-refractivity contribution in [3.8, 4) is 0 Å². The van der Waals surface area contributed by atoms with Gasteiger partial charge in [-0.1, -0.05) is 6.92 Å². The number of carbonyl (C=O) groups is 2. The summed E-state index contributed by atoms with van der Waals surface area (Å²) >= 11 is 0. The molecule has 0 saturated carbocycles. The van der Waals surface area contributed by atoms with Gasteiger partial charge >= 0.3 is 6.03 Å². The lowest BCUT2D eigenvalue weighted by atomic mass is 10.2. The van der Waals surface area contributed by atoms with Crippen molar-refractivity contribution in [1.82, 2.24) is 15.5 Å². The second-order valence-electron chi connectivity index (χ2n) is 4.44. The lowest BCUT2D eigenvalue weighted by molar-refractivity contribution is -0.129. The van der Waals surface area contributed by atoms with Crippen LogP contribution in [0.5, 0.6) is 0 Å². The molecular weight excluding hydrogens is 206 g/mol. The predicted octanol–water partition coefficient (Wildman–Crippen LogP) is 0.705. The molecule has 1 heterocycles. The maximum absolute atomic E-state index is 11.6. The fourth-order valence-corrected chi connectivity index (χ4v) is 1.80. The predicted molar refractivity (Wildman–Crippen MR) is 62.1 cm³/mol. The van der Waals surface area contributed by atoms with E-state index >= 15 is 0 Å². The van der Waals surface area contributed by atoms with E-state index in [1.807, 2.05) is 20.8 Å². The van der Waals surface area contributed by atoms with Gasteiger partial charge in [0.1, 0.15) is 0 Å². The second kappa shape index (κ2) is 5.72. The summed E-state index contributed by atoms with van der Waals surface area (Å²) in [7, 11) is 0. The zero-order valence-corrected chi connectivity index (χ0v) is 10.2. The quantitative estimate of drug-likeness (QED) is 0.743. The molecule has 1 atom stereocenters. The van der Waals surface area contributed by atoms with Gasteiger partial charge in [-0.25, -0.2) is 4.79 Å². The molecule has 16 heavy (non-hydrogen) atoms. The number of likely N-dealkylation sites (tertiary alicyclic amines) is 1. The monoisotopic (exact) mass is 227 g/mol. The number of hydrogen-bond donors (Lipinski definition) is 2. The molecular formula is C11H21N3O2. The highest BCUT2D eigenvalue weighted by Gasteiger charge is 2.31. The molecule has 0 aliphatic carbocycles. The fourth-order valence-electron chi connectivity index (χ4n) is 1.80. The fraction of sp³-hybridized carbons (Fsp3) is 0.818. The summed E-state index contributed by atoms with van der Waals surface area (Å²) in [5.74, 6) is 0.121. The van der Waals surface area contributed by atoms with E-state index in [9.17, 15) is 9.59 Å². The van der Waals surface area contributed by atoms with Gasteiger partial charge in [-0.3, -0.25) is 4.79 Å². The number of hydrogen-bond acceptors (Lipinski definition) is 2. The molecule has 1 rings (SSSR count). The van der Waals surface area contributed by atoms with E-state index in [4.69, 9.17) is 0 Å². The molecule has 5 nitrogen and oxygen atoms in total. The minimum absolute atomic E-state index is 0.0493. The SMILES string of the molecule is CCCNC(=O)NC1CC(=O)N(C(C)C)C1. The first-order chi connectivity index (χ1) is 7.54. The first kappa shape index (κ1) is 12.8. The number of amides is 3. The van der Waals surface area contributed by atoms with E-state index in [-0.39, 0.29) is 24.0 Å². The van der Waals surface area contributed by atoms with Crippen molar-refractivity contribution >= 4 is 11.9 Å². The highest BCUT2D eigenvalue weighted by atomic mass is 16.2. The van der Waals surface area contributed by atoms with Crippen LogP contribution in [0.15, 0.2) is 0 Å². The van der Waals surface area contributed by atoms with E-state index in [0.29, 0.717) is 19.5 Å². The van der Waals surface area contributed by atoms with Crippen LogP contribution in [0, 0.1) is 0 Å². The molecule has 2 N–H and O–H groups in total. The number of rotatable bonds is 4. The summed E-state index contributed by atoms with van der Waals surface area (Å²) in [4.78, 5) is 24.8. The Morgan fingerprint density at radius 1 is 1.56 bits per heavy atom. The molecule has 0 aromatic carbocycles. The van der Waals surface area contributed by atoms with Gasteiger partial charge < -0.3 is 15.5 Å². The zero-order valence-electron chi connectivity index (χ0n) is 10.2. The molecule has 3 amide bonds. The third-order valence-corrected chi connectivity index (χ3v) is 2.65. The van der Waals surface area contributed by atoms with Crippen LogP contribution in [0.1, 0.15) is 33.6 Å². The molecule has 1 saturated heterocycles. The summed E-state index contributed by atoms with van der Waals surface area (Å²) in [5.41, 5.74) is 0. The average molecular weight is 227 g/mol. The smallest absolute Gasteiger partial charge is 0.315 e. The largest absolute Gasteiger partial charge is 0.338 e. The van der Waals surface area contributed by atoms with Gasteiger partial charge in [0.2, 0.25) is 5.91 Å². The second-order valence-corrected chi connectivity index (χ2v) is 4.44. The van der Waals surface area contributed by atoms with Crippen molar-refractivity contribution in [2.75, 3.05) is 13.1 Å². The number of carbonyl (C=O) groups excluding carboxylic acids is 2. The van der Waals surface area contributed by atoms with Crippen LogP contribution in [0.25, 0.3) is 0 Å². The Morgan fingerprint density at radius 3 is 2.75 bits per heavy atom. The van der Waals surface area contributed by atoms with Crippen molar-refractivity contribution < 1.29 is 9.59 Å². The van der Waals surface area contributed by atoms with E-state index in [1.54, 1.807) is 4.90 Å².